The summed E-state index contributed by atoms with van der Waals surface area (Å²) >= 11 is 0. The average Bonchev–Trinajstić information content (AvgIpc) is 3.32. The monoisotopic (exact) mass is 648 g/mol. The Morgan fingerprint density at radius 3 is 0.917 bits per heavy atom. The minimum Gasteiger partial charge on any atom is -0.338 e. The maximum atomic E-state index is 7.17. The Morgan fingerprint density at radius 2 is 0.708 bits per heavy atom. The van der Waals surface area contributed by atoms with Crippen LogP contribution in [0.5, 0.6) is 0 Å². The predicted octanol–water partition coefficient (Wildman–Crippen LogP) is 9.46. The van der Waals surface area contributed by atoms with Crippen LogP contribution in [0.15, 0.2) is 97.1 Å². The summed E-state index contributed by atoms with van der Waals surface area (Å²) in [5, 5.41) is 0. The molecule has 0 unspecified atom stereocenters. The number of ether oxygens (including phenoxy) is 2. The fourth-order valence-electron chi connectivity index (χ4n) is 7.20. The highest BCUT2D eigenvalue weighted by Crippen LogP contribution is 2.44. The second-order valence-corrected chi connectivity index (χ2v) is 16.7. The molecule has 1 heterocycles. The van der Waals surface area contributed by atoms with Gasteiger partial charge in [0.05, 0.1) is 14.1 Å². The highest BCUT2D eigenvalue weighted by atomic mass is 16.8. The molecular weight excluding hydrogens is 588 g/mol. The van der Waals surface area contributed by atoms with E-state index in [1.165, 1.54) is 44.5 Å². The smallest absolute Gasteiger partial charge is 0.171 e. The summed E-state index contributed by atoms with van der Waals surface area (Å²) in [4.78, 5) is 0. The van der Waals surface area contributed by atoms with Crippen molar-refractivity contribution in [3.63, 3.8) is 0 Å². The Bertz CT molecular complexity index is 1410. The van der Waals surface area contributed by atoms with Crippen LogP contribution in [-0.4, -0.2) is 54.1 Å². The minimum atomic E-state index is -0.695. The van der Waals surface area contributed by atoms with E-state index in [9.17, 15) is 0 Å². The van der Waals surface area contributed by atoms with Crippen molar-refractivity contribution < 1.29 is 18.4 Å². The Balaban J connectivity index is 1.50. The van der Waals surface area contributed by atoms with Crippen LogP contribution in [0.25, 0.3) is 0 Å². The van der Waals surface area contributed by atoms with E-state index in [1.807, 2.05) is 0 Å². The Kier molecular flexibility index (Phi) is 10.7. The molecule has 0 radical (unpaired) electrons. The SMILES string of the molecule is Cc1ccc(C[N+](C)(Cc2ccc(C)cc2)C[C@@H]2OC(C)(C(C)(C)C)O[C@H]2C[N+](C)(Cc2ccc(C)cc2)Cc2ccc(C)cc2)cc1. The van der Waals surface area contributed by atoms with Crippen molar-refractivity contribution in [2.45, 2.75) is 99.6 Å². The Labute approximate surface area is 291 Å². The van der Waals surface area contributed by atoms with Crippen LogP contribution in [0.3, 0.4) is 0 Å². The van der Waals surface area contributed by atoms with Crippen LogP contribution in [0.4, 0.5) is 0 Å². The lowest BCUT2D eigenvalue weighted by atomic mass is 9.87. The van der Waals surface area contributed by atoms with Crippen molar-refractivity contribution in [1.82, 2.24) is 0 Å². The van der Waals surface area contributed by atoms with Crippen LogP contribution < -0.4 is 0 Å². The van der Waals surface area contributed by atoms with Gasteiger partial charge in [0, 0.05) is 27.7 Å². The molecule has 0 aromatic heterocycles. The number of aryl methyl sites for hydroxylation is 4. The normalized spacial score (nSPS) is 18.3. The zero-order valence-corrected chi connectivity index (χ0v) is 31.3. The van der Waals surface area contributed by atoms with Crippen LogP contribution >= 0.6 is 0 Å². The molecule has 0 saturated carbocycles. The summed E-state index contributed by atoms with van der Waals surface area (Å²) in [6.45, 7) is 22.9. The topological polar surface area (TPSA) is 18.5 Å². The van der Waals surface area contributed by atoms with Crippen LogP contribution in [-0.2, 0) is 35.7 Å². The third-order valence-electron chi connectivity index (χ3n) is 10.5. The van der Waals surface area contributed by atoms with Crippen LogP contribution in [0.1, 0.15) is 72.2 Å². The van der Waals surface area contributed by atoms with Gasteiger partial charge in [-0.15, -0.1) is 0 Å². The second-order valence-electron chi connectivity index (χ2n) is 16.7. The van der Waals surface area contributed by atoms with Gasteiger partial charge in [-0.05, 0) is 34.6 Å². The van der Waals surface area contributed by atoms with Crippen molar-refractivity contribution in [3.8, 4) is 0 Å². The molecule has 48 heavy (non-hydrogen) atoms. The molecule has 5 rings (SSSR count). The summed E-state index contributed by atoms with van der Waals surface area (Å²) in [6, 6.07) is 36.2. The fourth-order valence-corrected chi connectivity index (χ4v) is 7.20. The molecule has 4 nitrogen and oxygen atoms in total. The zero-order valence-electron chi connectivity index (χ0n) is 31.3. The van der Waals surface area contributed by atoms with Gasteiger partial charge in [-0.3, -0.25) is 0 Å². The van der Waals surface area contributed by atoms with E-state index in [0.29, 0.717) is 0 Å². The van der Waals surface area contributed by atoms with Crippen LogP contribution in [0.2, 0.25) is 0 Å². The van der Waals surface area contributed by atoms with E-state index >= 15 is 0 Å². The lowest BCUT2D eigenvalue weighted by molar-refractivity contribution is -0.944. The number of quaternary nitrogens is 2. The summed E-state index contributed by atoms with van der Waals surface area (Å²) in [5.74, 6) is -0.695. The average molecular weight is 649 g/mol. The first-order valence-electron chi connectivity index (χ1n) is 17.8. The van der Waals surface area contributed by atoms with Gasteiger partial charge >= 0.3 is 0 Å². The van der Waals surface area contributed by atoms with E-state index in [2.05, 4.69) is 167 Å². The van der Waals surface area contributed by atoms with E-state index < -0.39 is 5.79 Å². The maximum Gasteiger partial charge on any atom is 0.171 e. The molecule has 2 atom stereocenters. The molecule has 1 saturated heterocycles. The van der Waals surface area contributed by atoms with Gasteiger partial charge in [-0.2, -0.15) is 0 Å². The van der Waals surface area contributed by atoms with Crippen molar-refractivity contribution >= 4 is 0 Å². The first kappa shape index (κ1) is 36.0. The molecular formula is C44H60N2O2+2. The summed E-state index contributed by atoms with van der Waals surface area (Å²) < 4.78 is 16.0. The number of hydrogen-bond acceptors (Lipinski definition) is 2. The number of nitrogens with zero attached hydrogens (tertiary/aromatic N) is 2. The van der Waals surface area contributed by atoms with Gasteiger partial charge in [0.25, 0.3) is 0 Å². The minimum absolute atomic E-state index is 0.0661. The van der Waals surface area contributed by atoms with Crippen LogP contribution in [0, 0.1) is 33.1 Å². The van der Waals surface area contributed by atoms with Gasteiger partial charge < -0.3 is 18.4 Å². The Morgan fingerprint density at radius 1 is 0.479 bits per heavy atom. The molecule has 1 aliphatic heterocycles. The van der Waals surface area contributed by atoms with Crippen molar-refractivity contribution in [2.75, 3.05) is 27.2 Å². The molecule has 0 aliphatic carbocycles. The lowest BCUT2D eigenvalue weighted by Crippen LogP contribution is -2.54. The molecule has 0 amide bonds. The summed E-state index contributed by atoms with van der Waals surface area (Å²) in [6.07, 6.45) is -0.132. The third-order valence-corrected chi connectivity index (χ3v) is 10.5. The molecule has 0 bridgehead atoms. The van der Waals surface area contributed by atoms with Gasteiger partial charge in [-0.1, -0.05) is 140 Å². The van der Waals surface area contributed by atoms with E-state index in [0.717, 1.165) is 48.2 Å². The van der Waals surface area contributed by atoms with E-state index in [-0.39, 0.29) is 17.6 Å². The van der Waals surface area contributed by atoms with Gasteiger partial charge in [-0.25, -0.2) is 0 Å². The standard InChI is InChI=1S/C44H60N2O2/c1-33-11-19-37(20-12-33)27-45(9,28-38-21-13-34(2)14-22-38)31-41-42(48-44(8,47-41)43(5,6)7)32-46(10,29-39-23-15-35(3)16-24-39)30-40-25-17-36(4)18-26-40/h11-26,41-42H,27-32H2,1-10H3/q+2/t41-,42-/m0/s1. The number of rotatable bonds is 12. The Hall–Kier alpha value is -3.28. The molecule has 256 valence electrons. The van der Waals surface area contributed by atoms with Crippen molar-refractivity contribution in [2.24, 2.45) is 5.41 Å². The first-order chi connectivity index (χ1) is 22.5. The molecule has 0 N–H and O–H groups in total. The molecule has 4 aromatic carbocycles. The number of likely N-dealkylation sites (N-methyl/N-ethyl adjacent to an activating group) is 2. The highest BCUT2D eigenvalue weighted by Gasteiger charge is 2.55. The van der Waals surface area contributed by atoms with E-state index in [4.69, 9.17) is 9.47 Å². The summed E-state index contributed by atoms with van der Waals surface area (Å²) in [5.41, 5.74) is 10.4. The van der Waals surface area contributed by atoms with Gasteiger partial charge in [0.2, 0.25) is 0 Å². The van der Waals surface area contributed by atoms with Crippen molar-refractivity contribution in [1.29, 1.82) is 0 Å². The zero-order chi connectivity index (χ0) is 34.7. The highest BCUT2D eigenvalue weighted by molar-refractivity contribution is 5.24. The van der Waals surface area contributed by atoms with Gasteiger partial charge in [0.1, 0.15) is 51.5 Å². The number of hydrogen-bond donors (Lipinski definition) is 0. The van der Waals surface area contributed by atoms with Crippen molar-refractivity contribution in [3.05, 3.63) is 142 Å². The molecule has 4 heteroatoms. The molecule has 1 fully saturated rings. The first-order valence-corrected chi connectivity index (χ1v) is 17.8. The third kappa shape index (κ3) is 9.24. The predicted molar refractivity (Wildman–Crippen MR) is 199 cm³/mol. The molecule has 0 spiro atoms. The molecule has 4 aromatic rings. The second kappa shape index (κ2) is 14.3. The maximum absolute atomic E-state index is 7.17. The summed E-state index contributed by atoms with van der Waals surface area (Å²) in [7, 11) is 4.80. The van der Waals surface area contributed by atoms with E-state index in [1.54, 1.807) is 0 Å². The number of benzene rings is 4. The lowest BCUT2D eigenvalue weighted by Gasteiger charge is -2.40. The molecule has 1 aliphatic rings. The largest absolute Gasteiger partial charge is 0.338 e. The van der Waals surface area contributed by atoms with Gasteiger partial charge in [0.15, 0.2) is 5.79 Å². The quantitative estimate of drug-likeness (QED) is 0.143. The fraction of sp³-hybridized carbons (Fsp3) is 0.455.